The highest BCUT2D eigenvalue weighted by atomic mass is 16.5. The van der Waals surface area contributed by atoms with Crippen LogP contribution < -0.4 is 4.90 Å². The van der Waals surface area contributed by atoms with Gasteiger partial charge >= 0.3 is 0 Å². The Morgan fingerprint density at radius 2 is 1.85 bits per heavy atom. The van der Waals surface area contributed by atoms with Gasteiger partial charge in [-0.2, -0.15) is 0 Å². The van der Waals surface area contributed by atoms with Crippen LogP contribution in [0.4, 0.5) is 5.69 Å². The van der Waals surface area contributed by atoms with Gasteiger partial charge in [0.1, 0.15) is 0 Å². The summed E-state index contributed by atoms with van der Waals surface area (Å²) in [5.74, 6) is -0.0717. The summed E-state index contributed by atoms with van der Waals surface area (Å²) in [6.45, 7) is 5.70. The third kappa shape index (κ3) is 5.03. The summed E-state index contributed by atoms with van der Waals surface area (Å²) in [4.78, 5) is 37.7. The SMILES string of the molecule is CCN1CCN(C[C@@H](O)[C@@H]2Cc3ccccc3C=N2)C(=O)c2ccc(C(=O)N3CCC4(CC3)CC(OC)C4)cc21. The van der Waals surface area contributed by atoms with Gasteiger partial charge < -0.3 is 24.5 Å². The number of aliphatic imine (C=N–C) groups is 1. The number of hydrogen-bond donors (Lipinski definition) is 1. The molecule has 2 aromatic carbocycles. The zero-order chi connectivity index (χ0) is 27.9. The average Bonchev–Trinajstić information content (AvgIpc) is 3.10. The van der Waals surface area contributed by atoms with Crippen LogP contribution in [0.3, 0.4) is 0 Å². The maximum absolute atomic E-state index is 13.7. The molecule has 8 nitrogen and oxygen atoms in total. The Morgan fingerprint density at radius 3 is 2.60 bits per heavy atom. The first-order valence-electron chi connectivity index (χ1n) is 14.7. The standard InChI is InChI=1S/C32H40N4O4/c1-3-34-14-15-36(21-29(37)27-16-22-6-4-5-7-24(22)20-33-27)31(39)26-9-8-23(17-28(26)34)30(38)35-12-10-32(11-13-35)18-25(19-32)40-2/h4-9,17,20,25,27,29,37H,3,10-16,18-19,21H2,1-2H3/t27-,29+/m0/s1. The molecule has 8 heteroatoms. The summed E-state index contributed by atoms with van der Waals surface area (Å²) >= 11 is 0. The molecule has 212 valence electrons. The van der Waals surface area contributed by atoms with Crippen LogP contribution in [0.1, 0.15) is 64.4 Å². The molecule has 2 amide bonds. The van der Waals surface area contributed by atoms with Gasteiger partial charge in [0.05, 0.1) is 29.5 Å². The lowest BCUT2D eigenvalue weighted by Gasteiger charge is -2.51. The van der Waals surface area contributed by atoms with E-state index in [0.29, 0.717) is 42.2 Å². The fourth-order valence-corrected chi connectivity index (χ4v) is 6.97. The quantitative estimate of drug-likeness (QED) is 0.603. The van der Waals surface area contributed by atoms with Gasteiger partial charge in [0, 0.05) is 58.2 Å². The number of likely N-dealkylation sites (N-methyl/N-ethyl adjacent to an activating group) is 1. The number of aliphatic hydroxyl groups excluding tert-OH is 1. The number of β-amino-alcohol motifs (C(OH)–C–C–N with tert-alkyl or cyclic N) is 1. The molecule has 6 rings (SSSR count). The number of ether oxygens (including phenoxy) is 1. The number of hydrogen-bond acceptors (Lipinski definition) is 6. The minimum absolute atomic E-state index is 0.0377. The van der Waals surface area contributed by atoms with E-state index in [0.717, 1.165) is 56.6 Å². The first kappa shape index (κ1) is 27.0. The van der Waals surface area contributed by atoms with Crippen LogP contribution in [0, 0.1) is 5.41 Å². The molecule has 1 N–H and O–H groups in total. The number of nitrogens with zero attached hydrogens (tertiary/aromatic N) is 4. The van der Waals surface area contributed by atoms with Gasteiger partial charge in [-0.05, 0) is 73.8 Å². The highest BCUT2D eigenvalue weighted by Gasteiger charge is 2.46. The Morgan fingerprint density at radius 1 is 1.10 bits per heavy atom. The number of fused-ring (bicyclic) bond motifs is 2. The summed E-state index contributed by atoms with van der Waals surface area (Å²) in [5, 5.41) is 11.1. The van der Waals surface area contributed by atoms with Crippen LogP contribution in [0.25, 0.3) is 0 Å². The van der Waals surface area contributed by atoms with E-state index in [2.05, 4.69) is 22.9 Å². The van der Waals surface area contributed by atoms with Gasteiger partial charge in [0.2, 0.25) is 0 Å². The monoisotopic (exact) mass is 544 g/mol. The number of likely N-dealkylation sites (tertiary alicyclic amines) is 1. The van der Waals surface area contributed by atoms with Crippen molar-refractivity contribution >= 4 is 23.7 Å². The molecule has 3 aliphatic heterocycles. The number of amides is 2. The minimum atomic E-state index is -0.761. The molecule has 0 radical (unpaired) electrons. The van der Waals surface area contributed by atoms with Crippen molar-refractivity contribution in [2.75, 3.05) is 51.3 Å². The molecule has 3 heterocycles. The van der Waals surface area contributed by atoms with Crippen molar-refractivity contribution in [3.8, 4) is 0 Å². The Kier molecular flexibility index (Phi) is 7.40. The van der Waals surface area contributed by atoms with Crippen molar-refractivity contribution in [1.29, 1.82) is 0 Å². The van der Waals surface area contributed by atoms with Crippen molar-refractivity contribution in [2.24, 2.45) is 10.4 Å². The number of rotatable bonds is 6. The normalized spacial score (nSPS) is 22.9. The van der Waals surface area contributed by atoms with Crippen molar-refractivity contribution in [1.82, 2.24) is 9.80 Å². The average molecular weight is 545 g/mol. The van der Waals surface area contributed by atoms with Gasteiger partial charge in [-0.25, -0.2) is 0 Å². The molecule has 4 aliphatic rings. The summed E-state index contributed by atoms with van der Waals surface area (Å²) < 4.78 is 5.49. The van der Waals surface area contributed by atoms with Crippen LogP contribution in [-0.4, -0.2) is 97.6 Å². The minimum Gasteiger partial charge on any atom is -0.389 e. The molecule has 1 aliphatic carbocycles. The lowest BCUT2D eigenvalue weighted by atomic mass is 9.61. The number of carbonyl (C=O) groups excluding carboxylic acids is 2. The summed E-state index contributed by atoms with van der Waals surface area (Å²) in [6, 6.07) is 13.3. The zero-order valence-electron chi connectivity index (χ0n) is 23.6. The second kappa shape index (κ2) is 11.0. The van der Waals surface area contributed by atoms with Crippen LogP contribution >= 0.6 is 0 Å². The van der Waals surface area contributed by atoms with Crippen LogP contribution in [0.5, 0.6) is 0 Å². The maximum Gasteiger partial charge on any atom is 0.256 e. The van der Waals surface area contributed by atoms with Gasteiger partial charge in [-0.15, -0.1) is 0 Å². The zero-order valence-corrected chi connectivity index (χ0v) is 23.6. The lowest BCUT2D eigenvalue weighted by Crippen LogP contribution is -2.50. The van der Waals surface area contributed by atoms with E-state index in [1.807, 2.05) is 35.4 Å². The van der Waals surface area contributed by atoms with Gasteiger partial charge in [0.25, 0.3) is 11.8 Å². The van der Waals surface area contributed by atoms with Crippen molar-refractivity contribution in [3.63, 3.8) is 0 Å². The molecule has 2 fully saturated rings. The molecule has 1 saturated heterocycles. The molecule has 1 saturated carbocycles. The molecule has 1 spiro atoms. The predicted molar refractivity (Wildman–Crippen MR) is 155 cm³/mol. The Bertz CT molecular complexity index is 1290. The molecule has 0 unspecified atom stereocenters. The molecular weight excluding hydrogens is 504 g/mol. The fraction of sp³-hybridized carbons (Fsp3) is 0.531. The third-order valence-electron chi connectivity index (χ3n) is 9.63. The van der Waals surface area contributed by atoms with Crippen molar-refractivity contribution in [3.05, 3.63) is 64.7 Å². The van der Waals surface area contributed by atoms with Crippen LogP contribution in [-0.2, 0) is 11.2 Å². The van der Waals surface area contributed by atoms with E-state index in [-0.39, 0.29) is 24.4 Å². The van der Waals surface area contributed by atoms with E-state index < -0.39 is 6.10 Å². The van der Waals surface area contributed by atoms with E-state index in [1.165, 1.54) is 5.56 Å². The molecule has 0 aromatic heterocycles. The number of benzene rings is 2. The highest BCUT2D eigenvalue weighted by Crippen LogP contribution is 2.50. The van der Waals surface area contributed by atoms with Crippen LogP contribution in [0.2, 0.25) is 0 Å². The highest BCUT2D eigenvalue weighted by molar-refractivity contribution is 6.03. The number of methoxy groups -OCH3 is 1. The van der Waals surface area contributed by atoms with Crippen molar-refractivity contribution < 1.29 is 19.4 Å². The van der Waals surface area contributed by atoms with E-state index in [1.54, 1.807) is 24.1 Å². The number of anilines is 1. The second-order valence-corrected chi connectivity index (χ2v) is 11.9. The largest absolute Gasteiger partial charge is 0.389 e. The second-order valence-electron chi connectivity index (χ2n) is 11.9. The topological polar surface area (TPSA) is 85.7 Å². The number of piperidine rings is 1. The lowest BCUT2D eigenvalue weighted by molar-refractivity contribution is -0.0841. The van der Waals surface area contributed by atoms with E-state index >= 15 is 0 Å². The first-order chi connectivity index (χ1) is 19.4. The summed E-state index contributed by atoms with van der Waals surface area (Å²) in [7, 11) is 1.78. The Hall–Kier alpha value is -3.23. The van der Waals surface area contributed by atoms with Gasteiger partial charge in [-0.1, -0.05) is 24.3 Å². The van der Waals surface area contributed by atoms with Crippen LogP contribution in [0.15, 0.2) is 47.5 Å². The summed E-state index contributed by atoms with van der Waals surface area (Å²) in [6.07, 6.45) is 6.35. The van der Waals surface area contributed by atoms with Crippen molar-refractivity contribution in [2.45, 2.75) is 57.3 Å². The maximum atomic E-state index is 13.7. The van der Waals surface area contributed by atoms with E-state index in [9.17, 15) is 14.7 Å². The molecule has 40 heavy (non-hydrogen) atoms. The summed E-state index contributed by atoms with van der Waals surface area (Å²) in [5.41, 5.74) is 4.61. The van der Waals surface area contributed by atoms with Gasteiger partial charge in [-0.3, -0.25) is 14.6 Å². The Labute approximate surface area is 236 Å². The smallest absolute Gasteiger partial charge is 0.256 e. The Balaban J connectivity index is 1.14. The third-order valence-corrected chi connectivity index (χ3v) is 9.63. The molecular formula is C32H40N4O4. The molecule has 2 aromatic rings. The molecule has 2 atom stereocenters. The van der Waals surface area contributed by atoms with Gasteiger partial charge in [0.15, 0.2) is 0 Å². The predicted octanol–water partition coefficient (Wildman–Crippen LogP) is 3.40. The van der Waals surface area contributed by atoms with E-state index in [4.69, 9.17) is 4.74 Å². The first-order valence-corrected chi connectivity index (χ1v) is 14.7. The number of carbonyl (C=O) groups is 2. The fourth-order valence-electron chi connectivity index (χ4n) is 6.97. The molecule has 0 bridgehead atoms. The number of aliphatic hydroxyl groups is 1.